The molecule has 0 spiro atoms. The first-order chi connectivity index (χ1) is 15.9. The number of fused-ring (bicyclic) bond motifs is 1. The van der Waals surface area contributed by atoms with Crippen LogP contribution in [0.15, 0.2) is 34.5 Å². The van der Waals surface area contributed by atoms with Crippen LogP contribution in [-0.2, 0) is 26.6 Å². The van der Waals surface area contributed by atoms with Gasteiger partial charge in [-0.2, -0.15) is 11.8 Å². The monoisotopic (exact) mass is 525 g/mol. The molecular formula is C20H23N5O4S4. The van der Waals surface area contributed by atoms with Crippen LogP contribution in [0.1, 0.15) is 11.3 Å². The summed E-state index contributed by atoms with van der Waals surface area (Å²) in [5.41, 5.74) is 7.16. The smallest absolute Gasteiger partial charge is 0.322 e. The van der Waals surface area contributed by atoms with Gasteiger partial charge >= 0.3 is 5.97 Å². The zero-order chi connectivity index (χ0) is 23.4. The molecule has 2 fully saturated rings. The zero-order valence-corrected chi connectivity index (χ0v) is 20.8. The summed E-state index contributed by atoms with van der Waals surface area (Å²) in [6, 6.07) is 8.69. The number of carboxylic acid groups (broad SMARTS) is 1. The molecular weight excluding hydrogens is 503 g/mol. The minimum atomic E-state index is -1.20. The average molecular weight is 526 g/mol. The van der Waals surface area contributed by atoms with Gasteiger partial charge in [-0.05, 0) is 17.1 Å². The lowest BCUT2D eigenvalue weighted by molar-refractivity contribution is -0.152. The van der Waals surface area contributed by atoms with E-state index in [1.165, 1.54) is 35.1 Å². The third-order valence-corrected chi connectivity index (χ3v) is 10.3. The number of hydrogen-bond donors (Lipinski definition) is 3. The SMILES string of the molecule is NCCSCc1nnsc1SC1(C(=O)O)CS[C@@H]2[C@H](NC(=O)Cc3ccccc3)C(=O)N2C1. The van der Waals surface area contributed by atoms with E-state index in [-0.39, 0.29) is 30.2 Å². The number of carboxylic acids is 1. The van der Waals surface area contributed by atoms with E-state index in [1.54, 1.807) is 16.7 Å². The number of benzene rings is 1. The van der Waals surface area contributed by atoms with E-state index >= 15 is 0 Å². The van der Waals surface area contributed by atoms with Crippen LogP contribution in [0, 0.1) is 0 Å². The Labute approximate surface area is 207 Å². The van der Waals surface area contributed by atoms with Crippen molar-refractivity contribution < 1.29 is 19.5 Å². The van der Waals surface area contributed by atoms with E-state index in [0.717, 1.165) is 21.2 Å². The second-order valence-corrected chi connectivity index (χ2v) is 12.2. The Hall–Kier alpha value is -1.80. The van der Waals surface area contributed by atoms with Crippen LogP contribution in [0.5, 0.6) is 0 Å². The predicted molar refractivity (Wildman–Crippen MR) is 131 cm³/mol. The Balaban J connectivity index is 1.39. The summed E-state index contributed by atoms with van der Waals surface area (Å²) in [7, 11) is 0. The van der Waals surface area contributed by atoms with Crippen LogP contribution in [0.3, 0.4) is 0 Å². The van der Waals surface area contributed by atoms with E-state index in [1.807, 2.05) is 30.3 Å². The maximum atomic E-state index is 12.8. The number of rotatable bonds is 10. The summed E-state index contributed by atoms with van der Waals surface area (Å²) in [6.07, 6.45) is 0.195. The Morgan fingerprint density at radius 2 is 2.12 bits per heavy atom. The first-order valence-electron chi connectivity index (χ1n) is 10.2. The summed E-state index contributed by atoms with van der Waals surface area (Å²) in [6.45, 7) is 0.629. The number of β-lactam (4-membered cyclic amide) rings is 1. The third kappa shape index (κ3) is 5.32. The lowest BCUT2D eigenvalue weighted by Crippen LogP contribution is -2.74. The largest absolute Gasteiger partial charge is 0.480 e. The molecule has 0 bridgehead atoms. The molecule has 3 heterocycles. The van der Waals surface area contributed by atoms with E-state index in [2.05, 4.69) is 14.9 Å². The van der Waals surface area contributed by atoms with Crippen molar-refractivity contribution in [2.24, 2.45) is 5.73 Å². The van der Waals surface area contributed by atoms with Crippen LogP contribution < -0.4 is 11.1 Å². The molecule has 2 amide bonds. The maximum absolute atomic E-state index is 12.8. The zero-order valence-electron chi connectivity index (χ0n) is 17.5. The van der Waals surface area contributed by atoms with Gasteiger partial charge in [0.05, 0.1) is 12.1 Å². The van der Waals surface area contributed by atoms with Crippen LogP contribution in [0.2, 0.25) is 0 Å². The van der Waals surface area contributed by atoms with Crippen molar-refractivity contribution in [3.05, 3.63) is 41.6 Å². The van der Waals surface area contributed by atoms with Crippen molar-refractivity contribution in [3.63, 3.8) is 0 Å². The summed E-state index contributed by atoms with van der Waals surface area (Å²) >= 11 is 5.40. The molecule has 3 atom stereocenters. The van der Waals surface area contributed by atoms with Gasteiger partial charge in [-0.15, -0.1) is 16.9 Å². The number of amides is 2. The Kier molecular flexibility index (Phi) is 7.84. The Bertz CT molecular complexity index is 1020. The molecule has 1 aromatic carbocycles. The van der Waals surface area contributed by atoms with Gasteiger partial charge in [0.25, 0.3) is 0 Å². The minimum Gasteiger partial charge on any atom is -0.480 e. The standard InChI is InChI=1S/C20H23N5O4S4/c21-6-7-30-9-13-18(33-24-23-13)32-20(19(28)29)10-25-16(27)15(17(25)31-11-20)22-14(26)8-12-4-2-1-3-5-12/h1-5,15,17H,6-11,21H2,(H,22,26)(H,28,29)/t15-,17-,20?/m1/s1. The Morgan fingerprint density at radius 3 is 2.85 bits per heavy atom. The lowest BCUT2D eigenvalue weighted by Gasteiger charge is -2.53. The van der Waals surface area contributed by atoms with E-state index in [4.69, 9.17) is 5.73 Å². The second-order valence-electron chi connectivity index (χ2n) is 7.63. The van der Waals surface area contributed by atoms with Crippen LogP contribution in [0.4, 0.5) is 0 Å². The van der Waals surface area contributed by atoms with Crippen LogP contribution in [-0.4, -0.2) is 78.1 Å². The number of nitrogens with one attached hydrogen (secondary N) is 1. The highest BCUT2D eigenvalue weighted by Gasteiger charge is 2.58. The number of hydrogen-bond acceptors (Lipinski definition) is 10. The first kappa shape index (κ1) is 24.3. The van der Waals surface area contributed by atoms with Gasteiger partial charge in [-0.3, -0.25) is 14.4 Å². The van der Waals surface area contributed by atoms with Crippen molar-refractivity contribution in [1.82, 2.24) is 19.8 Å². The van der Waals surface area contributed by atoms with Gasteiger partial charge in [-0.25, -0.2) is 0 Å². The molecule has 0 radical (unpaired) electrons. The van der Waals surface area contributed by atoms with Gasteiger partial charge in [0.2, 0.25) is 11.8 Å². The van der Waals surface area contributed by atoms with Crippen molar-refractivity contribution in [2.45, 2.75) is 32.5 Å². The molecule has 13 heteroatoms. The molecule has 4 rings (SSSR count). The maximum Gasteiger partial charge on any atom is 0.322 e. The second kappa shape index (κ2) is 10.6. The highest BCUT2D eigenvalue weighted by atomic mass is 32.2. The topological polar surface area (TPSA) is 139 Å². The Morgan fingerprint density at radius 1 is 1.33 bits per heavy atom. The highest BCUT2D eigenvalue weighted by Crippen LogP contribution is 2.47. The number of carbonyl (C=O) groups is 3. The molecule has 33 heavy (non-hydrogen) atoms. The molecule has 9 nitrogen and oxygen atoms in total. The van der Waals surface area contributed by atoms with Crippen molar-refractivity contribution >= 4 is 64.6 Å². The van der Waals surface area contributed by atoms with E-state index < -0.39 is 16.8 Å². The molecule has 2 saturated heterocycles. The number of thioether (sulfide) groups is 3. The van der Waals surface area contributed by atoms with Crippen molar-refractivity contribution in [1.29, 1.82) is 0 Å². The predicted octanol–water partition coefficient (Wildman–Crippen LogP) is 1.29. The van der Waals surface area contributed by atoms with Gasteiger partial charge in [0, 0.05) is 30.3 Å². The number of nitrogens with zero attached hydrogens (tertiary/aromatic N) is 3. The summed E-state index contributed by atoms with van der Waals surface area (Å²) in [4.78, 5) is 39.1. The first-order valence-corrected chi connectivity index (χ1v) is 14.0. The summed E-state index contributed by atoms with van der Waals surface area (Å²) in [5.74, 6) is 0.250. The molecule has 176 valence electrons. The quantitative estimate of drug-likeness (QED) is 0.307. The third-order valence-electron chi connectivity index (χ3n) is 5.28. The highest BCUT2D eigenvalue weighted by molar-refractivity contribution is 8.06. The fourth-order valence-electron chi connectivity index (χ4n) is 3.59. The summed E-state index contributed by atoms with van der Waals surface area (Å²) < 4.78 is 3.55. The molecule has 0 saturated carbocycles. The molecule has 4 N–H and O–H groups in total. The summed E-state index contributed by atoms with van der Waals surface area (Å²) in [5, 5.41) is 16.8. The normalized spacial score (nSPS) is 24.2. The lowest BCUT2D eigenvalue weighted by atomic mass is 10.0. The van der Waals surface area contributed by atoms with E-state index in [0.29, 0.717) is 18.1 Å². The molecule has 1 aromatic heterocycles. The number of aliphatic carboxylic acids is 1. The van der Waals surface area contributed by atoms with Gasteiger partial charge in [0.15, 0.2) is 0 Å². The van der Waals surface area contributed by atoms with Crippen molar-refractivity contribution in [2.75, 3.05) is 24.6 Å². The molecule has 2 aliphatic rings. The number of carbonyl (C=O) groups excluding carboxylic acids is 2. The van der Waals surface area contributed by atoms with Gasteiger partial charge < -0.3 is 21.1 Å². The molecule has 0 aliphatic carbocycles. The molecule has 2 aromatic rings. The number of aromatic nitrogens is 2. The van der Waals surface area contributed by atoms with Gasteiger partial charge in [0.1, 0.15) is 20.4 Å². The fourth-order valence-corrected chi connectivity index (χ4v) is 8.34. The van der Waals surface area contributed by atoms with E-state index in [9.17, 15) is 19.5 Å². The van der Waals surface area contributed by atoms with Gasteiger partial charge in [-0.1, -0.05) is 46.6 Å². The van der Waals surface area contributed by atoms with Crippen LogP contribution in [0.25, 0.3) is 0 Å². The minimum absolute atomic E-state index is 0.0713. The average Bonchev–Trinajstić information content (AvgIpc) is 3.24. The van der Waals surface area contributed by atoms with Crippen molar-refractivity contribution in [3.8, 4) is 0 Å². The molecule has 2 aliphatic heterocycles. The van der Waals surface area contributed by atoms with Crippen LogP contribution >= 0.6 is 46.8 Å². The number of nitrogens with two attached hydrogens (primary N) is 1. The fraction of sp³-hybridized carbons (Fsp3) is 0.450. The molecule has 1 unspecified atom stereocenters.